The molecule has 1 amide bonds. The van der Waals surface area contributed by atoms with Gasteiger partial charge >= 0.3 is 0 Å². The molecule has 0 saturated carbocycles. The number of sulfonamides is 1. The number of benzene rings is 3. The molecule has 33 heavy (non-hydrogen) atoms. The molecule has 1 N–H and O–H groups in total. The zero-order chi connectivity index (χ0) is 24.3. The minimum absolute atomic E-state index is 0.123. The summed E-state index contributed by atoms with van der Waals surface area (Å²) in [5.41, 5.74) is 7.26. The van der Waals surface area contributed by atoms with Crippen molar-refractivity contribution in [3.05, 3.63) is 99.6 Å². The number of carbonyl (C=O) groups is 1. The molecule has 5 nitrogen and oxygen atoms in total. The van der Waals surface area contributed by atoms with E-state index in [2.05, 4.69) is 11.4 Å². The van der Waals surface area contributed by atoms with Gasteiger partial charge in [0.25, 0.3) is 5.91 Å². The quantitative estimate of drug-likeness (QED) is 0.511. The minimum atomic E-state index is -3.49. The Morgan fingerprint density at radius 1 is 0.909 bits per heavy atom. The van der Waals surface area contributed by atoms with E-state index in [1.165, 1.54) is 16.1 Å². The van der Waals surface area contributed by atoms with Crippen molar-refractivity contribution in [1.29, 1.82) is 0 Å². The van der Waals surface area contributed by atoms with Crippen molar-refractivity contribution in [2.45, 2.75) is 47.2 Å². The van der Waals surface area contributed by atoms with Gasteiger partial charge < -0.3 is 5.32 Å². The number of para-hydroxylation sites is 1. The molecule has 174 valence electrons. The van der Waals surface area contributed by atoms with Gasteiger partial charge in [-0.3, -0.25) is 9.10 Å². The first kappa shape index (κ1) is 24.5. The topological polar surface area (TPSA) is 66.5 Å². The second-order valence-corrected chi connectivity index (χ2v) is 10.7. The Morgan fingerprint density at radius 2 is 1.52 bits per heavy atom. The van der Waals surface area contributed by atoms with Crippen LogP contribution >= 0.6 is 0 Å². The number of nitrogens with one attached hydrogen (secondary N) is 1. The van der Waals surface area contributed by atoms with E-state index in [9.17, 15) is 13.2 Å². The normalized spacial score (nSPS) is 12.3. The molecule has 0 fully saturated rings. The third-order valence-corrected chi connectivity index (χ3v) is 6.98. The molecule has 0 aliphatic rings. The first-order valence-corrected chi connectivity index (χ1v) is 12.8. The average molecular weight is 465 g/mol. The lowest BCUT2D eigenvalue weighted by molar-refractivity contribution is 0.0940. The average Bonchev–Trinajstić information content (AvgIpc) is 2.72. The predicted octanol–water partition coefficient (Wildman–Crippen LogP) is 5.38. The highest BCUT2D eigenvalue weighted by atomic mass is 32.2. The van der Waals surface area contributed by atoms with Gasteiger partial charge in [-0.1, -0.05) is 54.1 Å². The van der Waals surface area contributed by atoms with Crippen LogP contribution in [0.3, 0.4) is 0 Å². The summed E-state index contributed by atoms with van der Waals surface area (Å²) in [4.78, 5) is 12.8. The summed E-state index contributed by atoms with van der Waals surface area (Å²) in [5, 5.41) is 3.05. The van der Waals surface area contributed by atoms with Crippen LogP contribution in [0.1, 0.15) is 56.7 Å². The lowest BCUT2D eigenvalue weighted by atomic mass is 10.00. The van der Waals surface area contributed by atoms with Gasteiger partial charge in [0.2, 0.25) is 10.0 Å². The van der Waals surface area contributed by atoms with Crippen molar-refractivity contribution in [2.24, 2.45) is 0 Å². The molecule has 0 aliphatic carbocycles. The Bertz CT molecular complexity index is 1240. The Hall–Kier alpha value is -3.12. The maximum Gasteiger partial charge on any atom is 0.251 e. The Balaban J connectivity index is 1.78. The first-order valence-electron chi connectivity index (χ1n) is 11.0. The van der Waals surface area contributed by atoms with Crippen LogP contribution in [0.2, 0.25) is 0 Å². The summed E-state index contributed by atoms with van der Waals surface area (Å²) < 4.78 is 26.6. The van der Waals surface area contributed by atoms with Crippen LogP contribution in [-0.4, -0.2) is 20.6 Å². The largest absolute Gasteiger partial charge is 0.346 e. The third-order valence-electron chi connectivity index (χ3n) is 5.87. The van der Waals surface area contributed by atoms with Crippen molar-refractivity contribution >= 4 is 21.6 Å². The van der Waals surface area contributed by atoms with Gasteiger partial charge in [0.15, 0.2) is 0 Å². The van der Waals surface area contributed by atoms with E-state index in [0.29, 0.717) is 11.3 Å². The lowest BCUT2D eigenvalue weighted by Crippen LogP contribution is -2.30. The SMILES string of the molecule is Cc1ccc([C@@H](C)NC(=O)c2ccc(CN(c3c(C)cccc3C)S(C)(=O)=O)cc2)c(C)c1. The van der Waals surface area contributed by atoms with Crippen LogP contribution in [0.4, 0.5) is 5.69 Å². The second-order valence-electron chi connectivity index (χ2n) is 8.76. The molecular formula is C27H32N2O3S. The van der Waals surface area contributed by atoms with Gasteiger partial charge in [-0.25, -0.2) is 8.42 Å². The molecule has 6 heteroatoms. The zero-order valence-electron chi connectivity index (χ0n) is 20.1. The van der Waals surface area contributed by atoms with Gasteiger partial charge in [-0.05, 0) is 74.6 Å². The number of hydrogen-bond acceptors (Lipinski definition) is 3. The van der Waals surface area contributed by atoms with Crippen LogP contribution in [-0.2, 0) is 16.6 Å². The fourth-order valence-electron chi connectivity index (χ4n) is 4.16. The van der Waals surface area contributed by atoms with Crippen LogP contribution in [0.5, 0.6) is 0 Å². The molecule has 3 aromatic rings. The Kier molecular flexibility index (Phi) is 7.28. The second kappa shape index (κ2) is 9.79. The highest BCUT2D eigenvalue weighted by molar-refractivity contribution is 7.92. The summed E-state index contributed by atoms with van der Waals surface area (Å²) in [6.45, 7) is 10.1. The van der Waals surface area contributed by atoms with Gasteiger partial charge in [0.05, 0.1) is 24.5 Å². The van der Waals surface area contributed by atoms with E-state index in [4.69, 9.17) is 0 Å². The maximum atomic E-state index is 12.8. The van der Waals surface area contributed by atoms with E-state index < -0.39 is 10.0 Å². The number of aryl methyl sites for hydroxylation is 4. The molecule has 0 spiro atoms. The molecule has 0 aromatic heterocycles. The van der Waals surface area contributed by atoms with Crippen LogP contribution in [0.25, 0.3) is 0 Å². The van der Waals surface area contributed by atoms with Crippen molar-refractivity contribution in [1.82, 2.24) is 5.32 Å². The maximum absolute atomic E-state index is 12.8. The first-order chi connectivity index (χ1) is 15.5. The number of nitrogens with zero attached hydrogens (tertiary/aromatic N) is 1. The predicted molar refractivity (Wildman–Crippen MR) is 135 cm³/mol. The monoisotopic (exact) mass is 464 g/mol. The summed E-state index contributed by atoms with van der Waals surface area (Å²) in [5.74, 6) is -0.163. The fraction of sp³-hybridized carbons (Fsp3) is 0.296. The summed E-state index contributed by atoms with van der Waals surface area (Å²) in [6, 6.07) is 18.9. The summed E-state index contributed by atoms with van der Waals surface area (Å²) >= 11 is 0. The lowest BCUT2D eigenvalue weighted by Gasteiger charge is -2.26. The number of rotatable bonds is 7. The number of anilines is 1. The molecule has 0 aliphatic heterocycles. The minimum Gasteiger partial charge on any atom is -0.346 e. The standard InChI is InChI=1S/C27H32N2O3S/c1-18-10-15-25(21(4)16-18)22(5)28-27(30)24-13-11-23(12-14-24)17-29(33(6,31)32)26-19(2)8-7-9-20(26)3/h7-16,22H,17H2,1-6H3,(H,28,30)/t22-/m1/s1. The fourth-order valence-corrected chi connectivity index (χ4v) is 5.16. The Morgan fingerprint density at radius 3 is 2.06 bits per heavy atom. The van der Waals surface area contributed by atoms with Crippen molar-refractivity contribution < 1.29 is 13.2 Å². The molecular weight excluding hydrogens is 432 g/mol. The summed E-state index contributed by atoms with van der Waals surface area (Å²) in [6.07, 6.45) is 1.22. The van der Waals surface area contributed by atoms with Crippen molar-refractivity contribution in [3.63, 3.8) is 0 Å². The van der Waals surface area contributed by atoms with Crippen LogP contribution in [0.15, 0.2) is 60.7 Å². The molecule has 0 unspecified atom stereocenters. The van der Waals surface area contributed by atoms with Gasteiger partial charge in [-0.15, -0.1) is 0 Å². The molecule has 3 aromatic carbocycles. The van der Waals surface area contributed by atoms with E-state index in [0.717, 1.165) is 27.8 Å². The zero-order valence-corrected chi connectivity index (χ0v) is 21.0. The number of carbonyl (C=O) groups excluding carboxylic acids is 1. The highest BCUT2D eigenvalue weighted by Gasteiger charge is 2.21. The van der Waals surface area contributed by atoms with E-state index in [1.807, 2.05) is 77.1 Å². The van der Waals surface area contributed by atoms with E-state index in [-0.39, 0.29) is 18.5 Å². The molecule has 0 radical (unpaired) electrons. The van der Waals surface area contributed by atoms with Crippen LogP contribution in [0, 0.1) is 27.7 Å². The van der Waals surface area contributed by atoms with E-state index in [1.54, 1.807) is 12.1 Å². The smallest absolute Gasteiger partial charge is 0.251 e. The molecule has 0 bridgehead atoms. The van der Waals surface area contributed by atoms with Crippen molar-refractivity contribution in [3.8, 4) is 0 Å². The van der Waals surface area contributed by atoms with Gasteiger partial charge in [0, 0.05) is 5.56 Å². The molecule has 0 heterocycles. The number of hydrogen-bond donors (Lipinski definition) is 1. The highest BCUT2D eigenvalue weighted by Crippen LogP contribution is 2.28. The molecule has 0 saturated heterocycles. The molecule has 3 rings (SSSR count). The van der Waals surface area contributed by atoms with Crippen molar-refractivity contribution in [2.75, 3.05) is 10.6 Å². The third kappa shape index (κ3) is 5.82. The summed E-state index contributed by atoms with van der Waals surface area (Å²) in [7, 11) is -3.49. The van der Waals surface area contributed by atoms with Crippen LogP contribution < -0.4 is 9.62 Å². The number of amides is 1. The molecule has 1 atom stereocenters. The van der Waals surface area contributed by atoms with E-state index >= 15 is 0 Å². The van der Waals surface area contributed by atoms with Gasteiger partial charge in [-0.2, -0.15) is 0 Å². The Labute approximate surface area is 197 Å². The van der Waals surface area contributed by atoms with Gasteiger partial charge in [0.1, 0.15) is 0 Å².